The Morgan fingerprint density at radius 1 is 1.00 bits per heavy atom. The number of carbonyl (C=O) groups excluding carboxylic acids is 1. The zero-order chi connectivity index (χ0) is 15.0. The summed E-state index contributed by atoms with van der Waals surface area (Å²) in [6.07, 6.45) is 0. The van der Waals surface area contributed by atoms with Crippen LogP contribution in [0.2, 0.25) is 0 Å². The van der Waals surface area contributed by atoms with Gasteiger partial charge in [0.2, 0.25) is 0 Å². The Hall–Kier alpha value is -1.45. The van der Waals surface area contributed by atoms with Crippen molar-refractivity contribution in [3.05, 3.63) is 83.2 Å². The molecule has 0 aromatic heterocycles. The van der Waals surface area contributed by atoms with E-state index in [4.69, 9.17) is 0 Å². The van der Waals surface area contributed by atoms with Gasteiger partial charge in [0.15, 0.2) is 0 Å². The molecule has 2 aromatic rings. The van der Waals surface area contributed by atoms with Gasteiger partial charge in [0.25, 0.3) is 5.91 Å². The van der Waals surface area contributed by atoms with E-state index in [0.29, 0.717) is 5.56 Å². The van der Waals surface area contributed by atoms with E-state index in [9.17, 15) is 4.79 Å². The van der Waals surface area contributed by atoms with Gasteiger partial charge in [-0.05, 0) is 48.7 Å². The molecule has 0 atom stereocenters. The van der Waals surface area contributed by atoms with Crippen LogP contribution >= 0.6 is 0 Å². The van der Waals surface area contributed by atoms with E-state index in [1.54, 1.807) is 0 Å². The molecule has 23 heavy (non-hydrogen) atoms. The number of nitrogens with one attached hydrogen (secondary N) is 1. The van der Waals surface area contributed by atoms with Crippen LogP contribution in [0, 0.1) is 21.3 Å². The fourth-order valence-corrected chi connectivity index (χ4v) is 2.43. The first-order valence-corrected chi connectivity index (χ1v) is 6.97. The maximum absolute atomic E-state index is 12.3. The molecule has 1 aliphatic rings. The zero-order valence-corrected chi connectivity index (χ0v) is 16.8. The number of hydrogen-bond acceptors (Lipinski definition) is 1. The van der Waals surface area contributed by atoms with Gasteiger partial charge < -0.3 is 18.1 Å². The molecule has 2 aromatic carbocycles. The maximum Gasteiger partial charge on any atom is 0.255 e. The van der Waals surface area contributed by atoms with Crippen molar-refractivity contribution < 1.29 is 37.5 Å². The number of benzene rings is 2. The molecule has 1 heterocycles. The number of amides is 1. The van der Waals surface area contributed by atoms with Crippen LogP contribution in [-0.2, 0) is 32.7 Å². The van der Waals surface area contributed by atoms with Crippen LogP contribution in [0.5, 0.6) is 0 Å². The van der Waals surface area contributed by atoms with Crippen molar-refractivity contribution >= 4 is 17.3 Å². The standard InChI is InChI=1S/C18H17N2O.CH3.Y/c1-11-6-4-5-7-16(11)18(21)20-14-8-9-15(12(2)10-14)17-13(3)19-17;;/h4-10H,1-3H3,(H,20,21);1H3;/q2*-1;. The molecule has 0 aliphatic carbocycles. The van der Waals surface area contributed by atoms with E-state index in [2.05, 4.69) is 10.6 Å². The van der Waals surface area contributed by atoms with Crippen molar-refractivity contribution in [3.8, 4) is 0 Å². The van der Waals surface area contributed by atoms with Gasteiger partial charge in [-0.1, -0.05) is 31.2 Å². The molecule has 0 saturated carbocycles. The van der Waals surface area contributed by atoms with Gasteiger partial charge in [-0.25, -0.2) is 0 Å². The maximum atomic E-state index is 12.3. The van der Waals surface area contributed by atoms with Crippen LogP contribution in [0.3, 0.4) is 0 Å². The minimum Gasteiger partial charge on any atom is -0.663 e. The molecule has 1 N–H and O–H groups in total. The largest absolute Gasteiger partial charge is 0.663 e. The number of nitrogens with zero attached hydrogens (tertiary/aromatic N) is 1. The van der Waals surface area contributed by atoms with Crippen LogP contribution < -0.4 is 5.32 Å². The fourth-order valence-electron chi connectivity index (χ4n) is 2.43. The monoisotopic (exact) mass is 381 g/mol. The molecule has 1 aliphatic heterocycles. The summed E-state index contributed by atoms with van der Waals surface area (Å²) < 4.78 is 0. The first-order valence-electron chi connectivity index (χ1n) is 6.97. The second kappa shape index (κ2) is 7.89. The van der Waals surface area contributed by atoms with Gasteiger partial charge in [-0.15, -0.1) is 5.70 Å². The van der Waals surface area contributed by atoms with Gasteiger partial charge in [0, 0.05) is 44.0 Å². The molecule has 3 rings (SSSR count). The molecule has 3 nitrogen and oxygen atoms in total. The fraction of sp³-hybridized carbons (Fsp3) is 0.158. The summed E-state index contributed by atoms with van der Waals surface area (Å²) in [5.41, 5.74) is 6.91. The number of anilines is 1. The molecular weight excluding hydrogens is 361 g/mol. The molecular formula is C19H20N2OY-2. The Balaban J connectivity index is 0.00000132. The Morgan fingerprint density at radius 2 is 1.65 bits per heavy atom. The van der Waals surface area contributed by atoms with Crippen molar-refractivity contribution in [1.29, 1.82) is 0 Å². The average molecular weight is 381 g/mol. The molecule has 0 unspecified atom stereocenters. The van der Waals surface area contributed by atoms with E-state index in [0.717, 1.165) is 33.8 Å². The van der Waals surface area contributed by atoms with Crippen molar-refractivity contribution in [2.75, 3.05) is 5.32 Å². The molecule has 1 amide bonds. The summed E-state index contributed by atoms with van der Waals surface area (Å²) in [4.78, 5) is 12.3. The van der Waals surface area contributed by atoms with E-state index in [1.807, 2.05) is 63.2 Å². The summed E-state index contributed by atoms with van der Waals surface area (Å²) in [5.74, 6) is -0.0771. The van der Waals surface area contributed by atoms with Gasteiger partial charge >= 0.3 is 0 Å². The molecule has 117 valence electrons. The normalized spacial score (nSPS) is 11.8. The first kappa shape index (κ1) is 19.6. The number of rotatable bonds is 3. The molecule has 0 bridgehead atoms. The summed E-state index contributed by atoms with van der Waals surface area (Å²) in [6, 6.07) is 13.5. The summed E-state index contributed by atoms with van der Waals surface area (Å²) in [7, 11) is 0. The van der Waals surface area contributed by atoms with Crippen LogP contribution in [0.25, 0.3) is 11.0 Å². The Morgan fingerprint density at radius 3 is 2.22 bits per heavy atom. The summed E-state index contributed by atoms with van der Waals surface area (Å²) in [5, 5.41) is 7.23. The van der Waals surface area contributed by atoms with Gasteiger partial charge in [0.1, 0.15) is 0 Å². The van der Waals surface area contributed by atoms with E-state index in [1.165, 1.54) is 0 Å². The van der Waals surface area contributed by atoms with Gasteiger partial charge in [-0.2, -0.15) is 5.70 Å². The Kier molecular flexibility index (Phi) is 6.73. The second-order valence-corrected chi connectivity index (χ2v) is 5.34. The SMILES string of the molecule is CC1=C(c2ccc(NC(=O)c3ccccc3C)cc2C)[N-]1.[CH3-].[Y]. The summed E-state index contributed by atoms with van der Waals surface area (Å²) >= 11 is 0. The van der Waals surface area contributed by atoms with Crippen LogP contribution in [-0.4, -0.2) is 5.91 Å². The zero-order valence-electron chi connectivity index (χ0n) is 14.0. The third-order valence-corrected chi connectivity index (χ3v) is 3.70. The van der Waals surface area contributed by atoms with Crippen molar-refractivity contribution in [3.63, 3.8) is 0 Å². The first-order chi connectivity index (χ1) is 10.1. The molecule has 1 radical (unpaired) electrons. The third-order valence-electron chi connectivity index (χ3n) is 3.70. The molecule has 0 fully saturated rings. The van der Waals surface area contributed by atoms with E-state index in [-0.39, 0.29) is 46.0 Å². The predicted octanol–water partition coefficient (Wildman–Crippen LogP) is 5.08. The minimum absolute atomic E-state index is 0. The second-order valence-electron chi connectivity index (χ2n) is 5.34. The van der Waals surface area contributed by atoms with Gasteiger partial charge in [0.05, 0.1) is 0 Å². The number of allylic oxidation sites excluding steroid dienone is 1. The Bertz CT molecular complexity index is 766. The van der Waals surface area contributed by atoms with Gasteiger partial charge in [-0.3, -0.25) is 4.79 Å². The van der Waals surface area contributed by atoms with Crippen LogP contribution in [0.4, 0.5) is 5.69 Å². The minimum atomic E-state index is -0.0771. The number of hydrogen-bond donors (Lipinski definition) is 1. The van der Waals surface area contributed by atoms with Crippen LogP contribution in [0.15, 0.2) is 48.2 Å². The third kappa shape index (κ3) is 4.30. The van der Waals surface area contributed by atoms with Crippen molar-refractivity contribution in [1.82, 2.24) is 0 Å². The van der Waals surface area contributed by atoms with Crippen LogP contribution in [0.1, 0.15) is 34.0 Å². The van der Waals surface area contributed by atoms with E-state index < -0.39 is 0 Å². The summed E-state index contributed by atoms with van der Waals surface area (Å²) in [6.45, 7) is 5.97. The topological polar surface area (TPSA) is 43.2 Å². The van der Waals surface area contributed by atoms with Crippen molar-refractivity contribution in [2.24, 2.45) is 0 Å². The molecule has 0 saturated heterocycles. The molecule has 0 spiro atoms. The number of aryl methyl sites for hydroxylation is 2. The average Bonchev–Trinajstić information content (AvgIpc) is 3.16. The Labute approximate surface area is 163 Å². The molecule has 4 heteroatoms. The predicted molar refractivity (Wildman–Crippen MR) is 92.7 cm³/mol. The smallest absolute Gasteiger partial charge is 0.255 e. The number of carbonyl (C=O) groups is 1. The van der Waals surface area contributed by atoms with E-state index >= 15 is 0 Å². The van der Waals surface area contributed by atoms with Crippen molar-refractivity contribution in [2.45, 2.75) is 20.8 Å². The quantitative estimate of drug-likeness (QED) is 0.741.